The summed E-state index contributed by atoms with van der Waals surface area (Å²) in [5.41, 5.74) is 1.77. The number of rotatable bonds is 5. The number of benzene rings is 1. The fourth-order valence-corrected chi connectivity index (χ4v) is 4.09. The monoisotopic (exact) mass is 356 g/mol. The molecule has 0 aliphatic heterocycles. The summed E-state index contributed by atoms with van der Waals surface area (Å²) in [6.45, 7) is 0. The zero-order chi connectivity index (χ0) is 16.8. The van der Waals surface area contributed by atoms with Crippen LogP contribution < -0.4 is 5.32 Å². The van der Waals surface area contributed by atoms with Crippen molar-refractivity contribution < 1.29 is 4.79 Å². The van der Waals surface area contributed by atoms with Crippen LogP contribution >= 0.6 is 23.1 Å². The van der Waals surface area contributed by atoms with E-state index in [0.29, 0.717) is 10.7 Å². The molecule has 0 spiro atoms. The molecule has 7 heteroatoms. The molecular weight excluding hydrogens is 340 g/mol. The van der Waals surface area contributed by atoms with Gasteiger partial charge in [0.25, 0.3) is 0 Å². The molecule has 1 N–H and O–H groups in total. The van der Waals surface area contributed by atoms with Crippen LogP contribution in [0.5, 0.6) is 0 Å². The van der Waals surface area contributed by atoms with Gasteiger partial charge in [0.05, 0.1) is 11.6 Å². The Kier molecular flexibility index (Phi) is 5.62. The van der Waals surface area contributed by atoms with Gasteiger partial charge in [0.2, 0.25) is 11.0 Å². The van der Waals surface area contributed by atoms with E-state index in [1.165, 1.54) is 11.3 Å². The molecule has 0 radical (unpaired) electrons. The summed E-state index contributed by atoms with van der Waals surface area (Å²) in [5.74, 6) is 0.814. The maximum atomic E-state index is 12.2. The smallest absolute Gasteiger partial charge is 0.229 e. The lowest BCUT2D eigenvalue weighted by Crippen LogP contribution is -2.23. The number of anilines is 1. The van der Waals surface area contributed by atoms with Gasteiger partial charge in [-0.3, -0.25) is 4.79 Å². The molecule has 0 unspecified atom stereocenters. The molecule has 1 amide bonds. The second kappa shape index (κ2) is 8.08. The van der Waals surface area contributed by atoms with E-state index in [1.54, 1.807) is 23.9 Å². The summed E-state index contributed by atoms with van der Waals surface area (Å²) >= 11 is 2.96. The van der Waals surface area contributed by atoms with Gasteiger partial charge < -0.3 is 5.32 Å². The lowest BCUT2D eigenvalue weighted by atomic mass is 9.94. The van der Waals surface area contributed by atoms with Crippen LogP contribution in [0.1, 0.15) is 30.4 Å². The van der Waals surface area contributed by atoms with Crippen molar-refractivity contribution in [2.24, 2.45) is 5.92 Å². The molecule has 0 fully saturated rings. The Labute approximate surface area is 148 Å². The highest BCUT2D eigenvalue weighted by molar-refractivity contribution is 8.00. The molecule has 2 aromatic rings. The number of carbonyl (C=O) groups is 1. The van der Waals surface area contributed by atoms with Gasteiger partial charge >= 0.3 is 0 Å². The fourth-order valence-electron chi connectivity index (χ4n) is 2.38. The molecule has 122 valence electrons. The number of nitrogens with zero attached hydrogens (tertiary/aromatic N) is 3. The van der Waals surface area contributed by atoms with Crippen molar-refractivity contribution in [1.29, 1.82) is 5.26 Å². The average molecular weight is 356 g/mol. The van der Waals surface area contributed by atoms with Gasteiger partial charge in [0.1, 0.15) is 0 Å². The molecule has 1 aliphatic carbocycles. The summed E-state index contributed by atoms with van der Waals surface area (Å²) in [6.07, 6.45) is 6.83. The van der Waals surface area contributed by atoms with Gasteiger partial charge in [-0.25, -0.2) is 0 Å². The molecule has 1 aromatic heterocycles. The van der Waals surface area contributed by atoms with Gasteiger partial charge in [-0.15, -0.1) is 10.2 Å². The van der Waals surface area contributed by atoms with Gasteiger partial charge in [-0.2, -0.15) is 5.26 Å². The summed E-state index contributed by atoms with van der Waals surface area (Å²) < 4.78 is 0.818. The second-order valence-corrected chi connectivity index (χ2v) is 7.64. The van der Waals surface area contributed by atoms with Crippen LogP contribution in [-0.2, 0) is 10.5 Å². The molecule has 5 nitrogen and oxygen atoms in total. The molecule has 1 aliphatic rings. The van der Waals surface area contributed by atoms with Crippen LogP contribution in [0.3, 0.4) is 0 Å². The van der Waals surface area contributed by atoms with E-state index in [4.69, 9.17) is 5.26 Å². The first-order chi connectivity index (χ1) is 11.7. The fraction of sp³-hybridized carbons (Fsp3) is 0.294. The number of thioether (sulfide) groups is 1. The maximum absolute atomic E-state index is 12.2. The molecule has 1 heterocycles. The topological polar surface area (TPSA) is 78.7 Å². The van der Waals surface area contributed by atoms with E-state index in [2.05, 4.69) is 33.7 Å². The van der Waals surface area contributed by atoms with Gasteiger partial charge in [0.15, 0.2) is 4.34 Å². The second-order valence-electron chi connectivity index (χ2n) is 5.44. The van der Waals surface area contributed by atoms with Crippen LogP contribution in [0.15, 0.2) is 40.8 Å². The molecule has 3 rings (SSSR count). The van der Waals surface area contributed by atoms with Crippen LogP contribution in [0.2, 0.25) is 0 Å². The molecular formula is C17H16N4OS2. The maximum Gasteiger partial charge on any atom is 0.229 e. The van der Waals surface area contributed by atoms with Crippen LogP contribution in [0.4, 0.5) is 5.13 Å². The number of hydrogen-bond donors (Lipinski definition) is 1. The standard InChI is InChI=1S/C17H16N4OS2/c18-10-12-6-8-13(9-7-12)11-23-17-21-20-16(24-17)19-15(22)14-4-2-1-3-5-14/h1-2,6-9,14H,3-5,11H2,(H,19,20,22)/t14-/m1/s1. The third-order valence-electron chi connectivity index (χ3n) is 3.72. The summed E-state index contributed by atoms with van der Waals surface area (Å²) in [6, 6.07) is 9.59. The number of amides is 1. The minimum atomic E-state index is 0.0270. The van der Waals surface area contributed by atoms with Crippen LogP contribution in [0.25, 0.3) is 0 Å². The molecule has 1 aromatic carbocycles. The third-order valence-corrected chi connectivity index (χ3v) is 5.76. The predicted molar refractivity (Wildman–Crippen MR) is 95.7 cm³/mol. The van der Waals surface area contributed by atoms with Crippen LogP contribution in [-0.4, -0.2) is 16.1 Å². The summed E-state index contributed by atoms with van der Waals surface area (Å²) in [5, 5.41) is 20.4. The quantitative estimate of drug-likeness (QED) is 0.498. The first-order valence-corrected chi connectivity index (χ1v) is 9.46. The van der Waals surface area contributed by atoms with Crippen molar-refractivity contribution in [2.75, 3.05) is 5.32 Å². The average Bonchev–Trinajstić information content (AvgIpc) is 3.08. The Morgan fingerprint density at radius 3 is 2.88 bits per heavy atom. The highest BCUT2D eigenvalue weighted by atomic mass is 32.2. The van der Waals surface area contributed by atoms with E-state index in [0.717, 1.165) is 34.9 Å². The van der Waals surface area contributed by atoms with E-state index in [1.807, 2.05) is 12.1 Å². The van der Waals surface area contributed by atoms with Gasteiger partial charge in [-0.1, -0.05) is 47.4 Å². The number of allylic oxidation sites excluding steroid dienone is 2. The summed E-state index contributed by atoms with van der Waals surface area (Å²) in [4.78, 5) is 12.2. The van der Waals surface area contributed by atoms with Gasteiger partial charge in [-0.05, 0) is 37.0 Å². The minimum Gasteiger partial charge on any atom is -0.300 e. The van der Waals surface area contributed by atoms with Crippen molar-refractivity contribution in [3.8, 4) is 6.07 Å². The normalized spacial score (nSPS) is 16.5. The Balaban J connectivity index is 1.52. The molecule has 0 saturated carbocycles. The van der Waals surface area contributed by atoms with Crippen molar-refractivity contribution in [3.05, 3.63) is 47.5 Å². The molecule has 24 heavy (non-hydrogen) atoms. The van der Waals surface area contributed by atoms with Crippen molar-refractivity contribution in [1.82, 2.24) is 10.2 Å². The Hall–Kier alpha value is -2.17. The lowest BCUT2D eigenvalue weighted by Gasteiger charge is -2.15. The Morgan fingerprint density at radius 2 is 2.17 bits per heavy atom. The highest BCUT2D eigenvalue weighted by Crippen LogP contribution is 2.29. The lowest BCUT2D eigenvalue weighted by molar-refractivity contribution is -0.120. The summed E-state index contributed by atoms with van der Waals surface area (Å²) in [7, 11) is 0. The molecule has 0 bridgehead atoms. The number of nitriles is 1. The SMILES string of the molecule is N#Cc1ccc(CSc2nnc(NC(=O)[C@@H]3CC=CCC3)s2)cc1. The van der Waals surface area contributed by atoms with E-state index >= 15 is 0 Å². The number of carbonyl (C=O) groups excluding carboxylic acids is 1. The highest BCUT2D eigenvalue weighted by Gasteiger charge is 2.20. The van der Waals surface area contributed by atoms with Crippen molar-refractivity contribution >= 4 is 34.1 Å². The predicted octanol–water partition coefficient (Wildman–Crippen LogP) is 4.00. The van der Waals surface area contributed by atoms with Crippen molar-refractivity contribution in [2.45, 2.75) is 29.4 Å². The zero-order valence-electron chi connectivity index (χ0n) is 12.9. The van der Waals surface area contributed by atoms with E-state index in [9.17, 15) is 4.79 Å². The Bertz CT molecular complexity index is 777. The first kappa shape index (κ1) is 16.7. The third kappa shape index (κ3) is 4.43. The minimum absolute atomic E-state index is 0.0270. The molecule has 1 atom stereocenters. The van der Waals surface area contributed by atoms with Crippen molar-refractivity contribution in [3.63, 3.8) is 0 Å². The zero-order valence-corrected chi connectivity index (χ0v) is 14.6. The molecule has 0 saturated heterocycles. The first-order valence-electron chi connectivity index (χ1n) is 7.66. The van der Waals surface area contributed by atoms with E-state index < -0.39 is 0 Å². The van der Waals surface area contributed by atoms with Crippen LogP contribution in [0, 0.1) is 17.2 Å². The number of hydrogen-bond acceptors (Lipinski definition) is 6. The largest absolute Gasteiger partial charge is 0.300 e. The Morgan fingerprint density at radius 1 is 1.33 bits per heavy atom. The number of aromatic nitrogens is 2. The van der Waals surface area contributed by atoms with Gasteiger partial charge in [0, 0.05) is 11.7 Å². The number of nitrogens with one attached hydrogen (secondary N) is 1. The van der Waals surface area contributed by atoms with E-state index in [-0.39, 0.29) is 11.8 Å².